The summed E-state index contributed by atoms with van der Waals surface area (Å²) in [6, 6.07) is 11.7. The van der Waals surface area contributed by atoms with Crippen molar-refractivity contribution in [2.75, 3.05) is 6.54 Å². The Balaban J connectivity index is 2.27. The second-order valence-electron chi connectivity index (χ2n) is 5.91. The van der Waals surface area contributed by atoms with E-state index in [9.17, 15) is 0 Å². The highest BCUT2D eigenvalue weighted by Crippen LogP contribution is 2.28. The second-order valence-corrected chi connectivity index (χ2v) is 8.72. The molecule has 1 aromatic heterocycles. The van der Waals surface area contributed by atoms with Crippen molar-refractivity contribution in [2.45, 2.75) is 39.7 Å². The van der Waals surface area contributed by atoms with Crippen molar-refractivity contribution in [2.24, 2.45) is 5.92 Å². The SMILES string of the molecule is CCCNC(c1cccc(CC(C)C)c1)c1csc(I)c1. The third-order valence-electron chi connectivity index (χ3n) is 3.45. The standard InChI is InChI=1S/C18H24INS/c1-4-8-20-18(16-11-17(19)21-12-16)15-7-5-6-14(10-15)9-13(2)3/h5-7,10-13,18,20H,4,8-9H2,1-3H3. The lowest BCUT2D eigenvalue weighted by Crippen LogP contribution is -2.22. The van der Waals surface area contributed by atoms with E-state index in [1.165, 1.54) is 19.6 Å². The van der Waals surface area contributed by atoms with Crippen molar-refractivity contribution >= 4 is 33.9 Å². The summed E-state index contributed by atoms with van der Waals surface area (Å²) < 4.78 is 1.35. The number of hydrogen-bond donors (Lipinski definition) is 1. The molecule has 0 amide bonds. The predicted molar refractivity (Wildman–Crippen MR) is 102 cm³/mol. The van der Waals surface area contributed by atoms with E-state index in [-0.39, 0.29) is 0 Å². The van der Waals surface area contributed by atoms with E-state index in [1.54, 1.807) is 0 Å². The highest BCUT2D eigenvalue weighted by atomic mass is 127. The van der Waals surface area contributed by atoms with Gasteiger partial charge in [0.15, 0.2) is 0 Å². The Morgan fingerprint density at radius 2 is 2.00 bits per heavy atom. The van der Waals surface area contributed by atoms with Crippen LogP contribution in [0.2, 0.25) is 0 Å². The summed E-state index contributed by atoms with van der Waals surface area (Å²) in [5.74, 6) is 0.699. The third-order valence-corrected chi connectivity index (χ3v) is 5.26. The van der Waals surface area contributed by atoms with E-state index in [0.29, 0.717) is 12.0 Å². The lowest BCUT2D eigenvalue weighted by Gasteiger charge is -2.19. The normalized spacial score (nSPS) is 12.8. The zero-order valence-electron chi connectivity index (χ0n) is 13.0. The monoisotopic (exact) mass is 413 g/mol. The summed E-state index contributed by atoms with van der Waals surface area (Å²) in [6.45, 7) is 7.82. The van der Waals surface area contributed by atoms with E-state index in [0.717, 1.165) is 19.4 Å². The molecule has 1 unspecified atom stereocenters. The van der Waals surface area contributed by atoms with Gasteiger partial charge in [-0.2, -0.15) is 0 Å². The Bertz CT molecular complexity index is 562. The van der Waals surface area contributed by atoms with Crippen LogP contribution in [-0.2, 0) is 6.42 Å². The van der Waals surface area contributed by atoms with Gasteiger partial charge in [0.1, 0.15) is 0 Å². The minimum atomic E-state index is 0.317. The average molecular weight is 413 g/mol. The number of rotatable bonds is 7. The average Bonchev–Trinajstić information content (AvgIpc) is 2.85. The van der Waals surface area contributed by atoms with Crippen molar-refractivity contribution < 1.29 is 0 Å². The Kier molecular flexibility index (Phi) is 6.71. The maximum atomic E-state index is 3.70. The molecule has 2 aromatic rings. The van der Waals surface area contributed by atoms with E-state index < -0.39 is 0 Å². The zero-order chi connectivity index (χ0) is 15.2. The number of hydrogen-bond acceptors (Lipinski definition) is 2. The Morgan fingerprint density at radius 3 is 2.62 bits per heavy atom. The van der Waals surface area contributed by atoms with E-state index >= 15 is 0 Å². The van der Waals surface area contributed by atoms with Crippen LogP contribution in [-0.4, -0.2) is 6.54 Å². The molecular weight excluding hydrogens is 389 g/mol. The minimum absolute atomic E-state index is 0.317. The minimum Gasteiger partial charge on any atom is -0.306 e. The molecule has 1 atom stereocenters. The molecule has 0 bridgehead atoms. The van der Waals surface area contributed by atoms with Gasteiger partial charge in [0, 0.05) is 0 Å². The molecular formula is C18H24INS. The Labute approximate surface area is 146 Å². The molecule has 0 aliphatic carbocycles. The maximum absolute atomic E-state index is 3.70. The van der Waals surface area contributed by atoms with Crippen molar-refractivity contribution in [3.63, 3.8) is 0 Å². The maximum Gasteiger partial charge on any atom is 0.0656 e. The quantitative estimate of drug-likeness (QED) is 0.580. The second kappa shape index (κ2) is 8.30. The molecule has 1 aromatic carbocycles. The van der Waals surface area contributed by atoms with Gasteiger partial charge in [-0.25, -0.2) is 0 Å². The molecule has 0 aliphatic heterocycles. The van der Waals surface area contributed by atoms with Gasteiger partial charge in [-0.15, -0.1) is 11.3 Å². The summed E-state index contributed by atoms with van der Waals surface area (Å²) in [5.41, 5.74) is 4.21. The molecule has 114 valence electrons. The van der Waals surface area contributed by atoms with Gasteiger partial charge in [0.2, 0.25) is 0 Å². The fourth-order valence-electron chi connectivity index (χ4n) is 2.56. The molecule has 1 N–H and O–H groups in total. The molecule has 0 spiro atoms. The van der Waals surface area contributed by atoms with Gasteiger partial charge in [0.05, 0.1) is 8.93 Å². The lowest BCUT2D eigenvalue weighted by molar-refractivity contribution is 0.597. The first-order valence-corrected chi connectivity index (χ1v) is 9.62. The summed E-state index contributed by atoms with van der Waals surface area (Å²) >= 11 is 4.23. The van der Waals surface area contributed by atoms with Crippen molar-refractivity contribution in [3.05, 3.63) is 55.3 Å². The van der Waals surface area contributed by atoms with Gasteiger partial charge in [-0.05, 0) is 76.0 Å². The fraction of sp³-hybridized carbons (Fsp3) is 0.444. The first-order valence-electron chi connectivity index (χ1n) is 7.66. The lowest BCUT2D eigenvalue weighted by atomic mass is 9.96. The van der Waals surface area contributed by atoms with Crippen molar-refractivity contribution in [1.82, 2.24) is 5.32 Å². The Morgan fingerprint density at radius 1 is 1.19 bits per heavy atom. The van der Waals surface area contributed by atoms with Crippen LogP contribution < -0.4 is 5.32 Å². The van der Waals surface area contributed by atoms with Crippen molar-refractivity contribution in [3.8, 4) is 0 Å². The van der Waals surface area contributed by atoms with E-state index in [2.05, 4.69) is 84.4 Å². The van der Waals surface area contributed by atoms with Crippen molar-refractivity contribution in [1.29, 1.82) is 0 Å². The molecule has 1 heterocycles. The molecule has 0 radical (unpaired) electrons. The largest absolute Gasteiger partial charge is 0.306 e. The predicted octanol–water partition coefficient (Wildman–Crippen LogP) is 5.64. The summed E-state index contributed by atoms with van der Waals surface area (Å²) in [5, 5.41) is 5.98. The molecule has 0 saturated carbocycles. The van der Waals surface area contributed by atoms with Crippen LogP contribution in [0.1, 0.15) is 49.9 Å². The molecule has 2 rings (SSSR count). The van der Waals surface area contributed by atoms with E-state index in [4.69, 9.17) is 0 Å². The van der Waals surface area contributed by atoms with Crippen LogP contribution in [0, 0.1) is 8.80 Å². The fourth-order valence-corrected chi connectivity index (χ4v) is 3.96. The van der Waals surface area contributed by atoms with Crippen LogP contribution in [0.5, 0.6) is 0 Å². The van der Waals surface area contributed by atoms with Gasteiger partial charge < -0.3 is 5.32 Å². The zero-order valence-corrected chi connectivity index (χ0v) is 16.0. The third kappa shape index (κ3) is 5.08. The van der Waals surface area contributed by atoms with E-state index in [1.807, 2.05) is 11.3 Å². The van der Waals surface area contributed by atoms with Gasteiger partial charge in [-0.1, -0.05) is 45.0 Å². The van der Waals surface area contributed by atoms with Gasteiger partial charge in [-0.3, -0.25) is 0 Å². The van der Waals surface area contributed by atoms with Crippen LogP contribution in [0.3, 0.4) is 0 Å². The number of nitrogens with one attached hydrogen (secondary N) is 1. The summed E-state index contributed by atoms with van der Waals surface area (Å²) in [6.07, 6.45) is 2.30. The van der Waals surface area contributed by atoms with Gasteiger partial charge >= 0.3 is 0 Å². The number of thiophene rings is 1. The molecule has 0 aliphatic rings. The smallest absolute Gasteiger partial charge is 0.0656 e. The first-order chi connectivity index (χ1) is 10.1. The highest BCUT2D eigenvalue weighted by Gasteiger charge is 2.15. The number of halogens is 1. The van der Waals surface area contributed by atoms with Crippen LogP contribution in [0.15, 0.2) is 35.7 Å². The van der Waals surface area contributed by atoms with Crippen LogP contribution in [0.25, 0.3) is 0 Å². The summed E-state index contributed by atoms with van der Waals surface area (Å²) in [7, 11) is 0. The summed E-state index contributed by atoms with van der Waals surface area (Å²) in [4.78, 5) is 0. The Hall–Kier alpha value is -0.390. The topological polar surface area (TPSA) is 12.0 Å². The molecule has 0 saturated heterocycles. The first kappa shape index (κ1) is 17.0. The molecule has 0 fully saturated rings. The molecule has 1 nitrogen and oxygen atoms in total. The molecule has 3 heteroatoms. The van der Waals surface area contributed by atoms with Crippen LogP contribution in [0.4, 0.5) is 0 Å². The number of benzene rings is 1. The molecule has 21 heavy (non-hydrogen) atoms. The highest BCUT2D eigenvalue weighted by molar-refractivity contribution is 14.1. The van der Waals surface area contributed by atoms with Gasteiger partial charge in [0.25, 0.3) is 0 Å². The van der Waals surface area contributed by atoms with Crippen LogP contribution >= 0.6 is 33.9 Å².